The van der Waals surface area contributed by atoms with E-state index in [0.717, 1.165) is 0 Å². The number of rotatable bonds is 7. The summed E-state index contributed by atoms with van der Waals surface area (Å²) in [6.07, 6.45) is 4.11. The number of esters is 1. The SMILES string of the molecule is CCOC(=O)/C=C/[C@@H](CC)OCC=O. The second-order valence-electron chi connectivity index (χ2n) is 2.56. The van der Waals surface area contributed by atoms with Gasteiger partial charge in [-0.1, -0.05) is 6.92 Å². The fraction of sp³-hybridized carbons (Fsp3) is 0.600. The standard InChI is InChI=1S/C10H16O4/c1-3-9(14-8-7-11)5-6-10(12)13-4-2/h5-7,9H,3-4,8H2,1-2H3/b6-5+/t9-/m1/s1. The van der Waals surface area contributed by atoms with Crippen LogP contribution in [0.3, 0.4) is 0 Å². The summed E-state index contributed by atoms with van der Waals surface area (Å²) in [7, 11) is 0. The Hall–Kier alpha value is -1.16. The van der Waals surface area contributed by atoms with Gasteiger partial charge in [-0.2, -0.15) is 0 Å². The molecule has 0 aromatic heterocycles. The Balaban J connectivity index is 3.89. The molecular weight excluding hydrogens is 184 g/mol. The van der Waals surface area contributed by atoms with Crippen LogP contribution in [-0.2, 0) is 19.1 Å². The molecular formula is C10H16O4. The molecule has 0 unspecified atom stereocenters. The van der Waals surface area contributed by atoms with Crippen molar-refractivity contribution in [1.29, 1.82) is 0 Å². The van der Waals surface area contributed by atoms with Crippen molar-refractivity contribution in [1.82, 2.24) is 0 Å². The number of aldehydes is 1. The molecule has 80 valence electrons. The summed E-state index contributed by atoms with van der Waals surface area (Å²) in [5.74, 6) is -0.388. The van der Waals surface area contributed by atoms with Gasteiger partial charge in [0.1, 0.15) is 12.9 Å². The molecule has 0 aromatic rings. The molecule has 4 heteroatoms. The Morgan fingerprint density at radius 1 is 1.43 bits per heavy atom. The van der Waals surface area contributed by atoms with Crippen LogP contribution in [0.4, 0.5) is 0 Å². The summed E-state index contributed by atoms with van der Waals surface area (Å²) in [6, 6.07) is 0. The number of ether oxygens (including phenoxy) is 2. The highest BCUT2D eigenvalue weighted by molar-refractivity contribution is 5.81. The Kier molecular flexibility index (Phi) is 7.74. The van der Waals surface area contributed by atoms with Gasteiger partial charge < -0.3 is 14.3 Å². The van der Waals surface area contributed by atoms with Crippen LogP contribution in [0.2, 0.25) is 0 Å². The van der Waals surface area contributed by atoms with Crippen LogP contribution in [0.5, 0.6) is 0 Å². The maximum atomic E-state index is 10.9. The third-order valence-electron chi connectivity index (χ3n) is 1.51. The highest BCUT2D eigenvalue weighted by Crippen LogP contribution is 1.99. The van der Waals surface area contributed by atoms with Crippen LogP contribution < -0.4 is 0 Å². The van der Waals surface area contributed by atoms with Crippen molar-refractivity contribution in [2.24, 2.45) is 0 Å². The Morgan fingerprint density at radius 3 is 2.64 bits per heavy atom. The normalized spacial score (nSPS) is 12.7. The van der Waals surface area contributed by atoms with Crippen molar-refractivity contribution in [3.63, 3.8) is 0 Å². The van der Waals surface area contributed by atoms with Crippen molar-refractivity contribution in [2.75, 3.05) is 13.2 Å². The van der Waals surface area contributed by atoms with E-state index in [0.29, 0.717) is 19.3 Å². The molecule has 0 rings (SSSR count). The highest BCUT2D eigenvalue weighted by Gasteiger charge is 2.02. The average Bonchev–Trinajstić information content (AvgIpc) is 2.19. The van der Waals surface area contributed by atoms with Gasteiger partial charge in [0.15, 0.2) is 0 Å². The number of hydrogen-bond donors (Lipinski definition) is 0. The molecule has 0 radical (unpaired) electrons. The third-order valence-corrected chi connectivity index (χ3v) is 1.51. The van der Waals surface area contributed by atoms with E-state index in [2.05, 4.69) is 0 Å². The van der Waals surface area contributed by atoms with Crippen LogP contribution in [0.1, 0.15) is 20.3 Å². The zero-order chi connectivity index (χ0) is 10.8. The molecule has 0 fully saturated rings. The van der Waals surface area contributed by atoms with Gasteiger partial charge in [0, 0.05) is 6.08 Å². The molecule has 0 saturated carbocycles. The first-order valence-electron chi connectivity index (χ1n) is 4.64. The second-order valence-corrected chi connectivity index (χ2v) is 2.56. The van der Waals surface area contributed by atoms with E-state index in [1.165, 1.54) is 6.08 Å². The summed E-state index contributed by atoms with van der Waals surface area (Å²) in [4.78, 5) is 20.9. The molecule has 0 spiro atoms. The first-order chi connectivity index (χ1) is 6.74. The number of carbonyl (C=O) groups is 2. The largest absolute Gasteiger partial charge is 0.463 e. The van der Waals surface area contributed by atoms with E-state index in [9.17, 15) is 9.59 Å². The van der Waals surface area contributed by atoms with Crippen molar-refractivity contribution in [3.8, 4) is 0 Å². The van der Waals surface area contributed by atoms with Gasteiger partial charge in [0.25, 0.3) is 0 Å². The van der Waals surface area contributed by atoms with Gasteiger partial charge in [-0.25, -0.2) is 4.79 Å². The summed E-state index contributed by atoms with van der Waals surface area (Å²) in [6.45, 7) is 4.05. The summed E-state index contributed by atoms with van der Waals surface area (Å²) in [5, 5.41) is 0. The molecule has 1 atom stereocenters. The Labute approximate surface area is 83.9 Å². The monoisotopic (exact) mass is 200 g/mol. The molecule has 0 aliphatic rings. The summed E-state index contributed by atoms with van der Waals surface area (Å²) < 4.78 is 9.80. The van der Waals surface area contributed by atoms with Crippen LogP contribution in [-0.4, -0.2) is 31.6 Å². The minimum Gasteiger partial charge on any atom is -0.463 e. The van der Waals surface area contributed by atoms with E-state index in [4.69, 9.17) is 9.47 Å². The average molecular weight is 200 g/mol. The lowest BCUT2D eigenvalue weighted by molar-refractivity contribution is -0.137. The molecule has 0 bridgehead atoms. The lowest BCUT2D eigenvalue weighted by Crippen LogP contribution is -2.11. The van der Waals surface area contributed by atoms with E-state index < -0.39 is 0 Å². The van der Waals surface area contributed by atoms with Crippen LogP contribution in [0.25, 0.3) is 0 Å². The van der Waals surface area contributed by atoms with E-state index in [1.807, 2.05) is 6.92 Å². The van der Waals surface area contributed by atoms with Gasteiger partial charge in [-0.3, -0.25) is 0 Å². The first-order valence-corrected chi connectivity index (χ1v) is 4.64. The lowest BCUT2D eigenvalue weighted by Gasteiger charge is -2.08. The lowest BCUT2D eigenvalue weighted by atomic mass is 10.2. The first kappa shape index (κ1) is 12.8. The predicted octanol–water partition coefficient (Wildman–Crippen LogP) is 1.10. The summed E-state index contributed by atoms with van der Waals surface area (Å²) >= 11 is 0. The minimum absolute atomic E-state index is 0.0473. The Morgan fingerprint density at radius 2 is 2.14 bits per heavy atom. The minimum atomic E-state index is -0.388. The molecule has 0 amide bonds. The van der Waals surface area contributed by atoms with Crippen molar-refractivity contribution in [2.45, 2.75) is 26.4 Å². The Bertz CT molecular complexity index is 198. The molecule has 0 N–H and O–H groups in total. The van der Waals surface area contributed by atoms with Gasteiger partial charge >= 0.3 is 5.97 Å². The molecule has 14 heavy (non-hydrogen) atoms. The number of hydrogen-bond acceptors (Lipinski definition) is 4. The predicted molar refractivity (Wildman–Crippen MR) is 51.9 cm³/mol. The van der Waals surface area contributed by atoms with E-state index >= 15 is 0 Å². The molecule has 0 aliphatic carbocycles. The van der Waals surface area contributed by atoms with Crippen molar-refractivity contribution < 1.29 is 19.1 Å². The van der Waals surface area contributed by atoms with Gasteiger partial charge in [0.2, 0.25) is 0 Å². The van der Waals surface area contributed by atoms with Crippen LogP contribution in [0, 0.1) is 0 Å². The molecule has 0 aromatic carbocycles. The third kappa shape index (κ3) is 6.37. The van der Waals surface area contributed by atoms with E-state index in [1.54, 1.807) is 13.0 Å². The van der Waals surface area contributed by atoms with Crippen molar-refractivity contribution in [3.05, 3.63) is 12.2 Å². The molecule has 4 nitrogen and oxygen atoms in total. The zero-order valence-electron chi connectivity index (χ0n) is 8.56. The molecule has 0 saturated heterocycles. The molecule has 0 aliphatic heterocycles. The maximum absolute atomic E-state index is 10.9. The van der Waals surface area contributed by atoms with Gasteiger partial charge in [-0.05, 0) is 19.4 Å². The number of carbonyl (C=O) groups excluding carboxylic acids is 2. The van der Waals surface area contributed by atoms with Crippen LogP contribution in [0.15, 0.2) is 12.2 Å². The smallest absolute Gasteiger partial charge is 0.330 e. The van der Waals surface area contributed by atoms with Gasteiger partial charge in [-0.15, -0.1) is 0 Å². The highest BCUT2D eigenvalue weighted by atomic mass is 16.5. The molecule has 0 heterocycles. The quantitative estimate of drug-likeness (QED) is 0.351. The van der Waals surface area contributed by atoms with Crippen molar-refractivity contribution >= 4 is 12.3 Å². The zero-order valence-corrected chi connectivity index (χ0v) is 8.56. The second kappa shape index (κ2) is 8.44. The fourth-order valence-corrected chi connectivity index (χ4v) is 0.849. The topological polar surface area (TPSA) is 52.6 Å². The van der Waals surface area contributed by atoms with E-state index in [-0.39, 0.29) is 18.7 Å². The summed E-state index contributed by atoms with van der Waals surface area (Å²) in [5.41, 5.74) is 0. The maximum Gasteiger partial charge on any atom is 0.330 e. The van der Waals surface area contributed by atoms with Gasteiger partial charge in [0.05, 0.1) is 12.7 Å². The fourth-order valence-electron chi connectivity index (χ4n) is 0.849. The van der Waals surface area contributed by atoms with Crippen LogP contribution >= 0.6 is 0 Å².